The molecule has 0 spiro atoms. The summed E-state index contributed by atoms with van der Waals surface area (Å²) < 4.78 is 15.2. The maximum absolute atomic E-state index is 13.9. The number of nitrogens with zero attached hydrogens (tertiary/aromatic N) is 4. The average molecular weight is 248 g/mol. The molecule has 0 aliphatic carbocycles. The third kappa shape index (κ3) is 2.05. The summed E-state index contributed by atoms with van der Waals surface area (Å²) in [6.45, 7) is 4.93. The van der Waals surface area contributed by atoms with E-state index in [9.17, 15) is 9.50 Å². The topological polar surface area (TPSA) is 74.7 Å². The summed E-state index contributed by atoms with van der Waals surface area (Å²) in [5.74, 6) is -0.565. The summed E-state index contributed by atoms with van der Waals surface area (Å²) in [4.78, 5) is 0. The second kappa shape index (κ2) is 4.03. The number of benzene rings is 1. The molecule has 5 nitrogen and oxygen atoms in total. The summed E-state index contributed by atoms with van der Waals surface area (Å²) in [6, 6.07) is 3.37. The van der Waals surface area contributed by atoms with Gasteiger partial charge in [0.1, 0.15) is 28.5 Å². The SMILES string of the molecule is Cc1cc2nnn(CC(C)(C)O)c2c(C#N)c1F. The molecule has 0 saturated carbocycles. The Bertz CT molecular complexity index is 649. The van der Waals surface area contributed by atoms with E-state index in [2.05, 4.69) is 10.3 Å². The van der Waals surface area contributed by atoms with Crippen molar-refractivity contribution in [2.75, 3.05) is 0 Å². The minimum absolute atomic E-state index is 0.0840. The van der Waals surface area contributed by atoms with E-state index in [1.165, 1.54) is 4.68 Å². The minimum atomic E-state index is -1.02. The number of nitriles is 1. The molecule has 0 radical (unpaired) electrons. The number of hydrogen-bond donors (Lipinski definition) is 1. The molecule has 2 rings (SSSR count). The average Bonchev–Trinajstić information content (AvgIpc) is 2.61. The Kier molecular flexibility index (Phi) is 2.79. The van der Waals surface area contributed by atoms with E-state index < -0.39 is 11.4 Å². The summed E-state index contributed by atoms with van der Waals surface area (Å²) in [6.07, 6.45) is 0. The first-order valence-corrected chi connectivity index (χ1v) is 5.48. The Hall–Kier alpha value is -2.00. The molecule has 0 aliphatic heterocycles. The highest BCUT2D eigenvalue weighted by atomic mass is 19.1. The zero-order valence-electron chi connectivity index (χ0n) is 10.4. The van der Waals surface area contributed by atoms with Crippen LogP contribution in [0.1, 0.15) is 25.0 Å². The lowest BCUT2D eigenvalue weighted by Crippen LogP contribution is -2.27. The highest BCUT2D eigenvalue weighted by Crippen LogP contribution is 2.23. The summed E-state index contributed by atoms with van der Waals surface area (Å²) in [5.41, 5.74) is 0.0281. The summed E-state index contributed by atoms with van der Waals surface area (Å²) >= 11 is 0. The highest BCUT2D eigenvalue weighted by Gasteiger charge is 2.21. The van der Waals surface area contributed by atoms with E-state index in [1.807, 2.05) is 6.07 Å². The first kappa shape index (κ1) is 12.5. The molecule has 0 saturated heterocycles. The van der Waals surface area contributed by atoms with Crippen molar-refractivity contribution < 1.29 is 9.50 Å². The Labute approximate surface area is 103 Å². The van der Waals surface area contributed by atoms with Gasteiger partial charge < -0.3 is 5.11 Å². The van der Waals surface area contributed by atoms with Gasteiger partial charge >= 0.3 is 0 Å². The number of fused-ring (bicyclic) bond motifs is 1. The van der Waals surface area contributed by atoms with Crippen LogP contribution in [0, 0.1) is 24.1 Å². The lowest BCUT2D eigenvalue weighted by Gasteiger charge is -2.17. The van der Waals surface area contributed by atoms with Crippen LogP contribution in [0.5, 0.6) is 0 Å². The molecule has 6 heteroatoms. The highest BCUT2D eigenvalue weighted by molar-refractivity contribution is 5.82. The predicted molar refractivity (Wildman–Crippen MR) is 63.2 cm³/mol. The van der Waals surface area contributed by atoms with E-state index in [4.69, 9.17) is 5.26 Å². The number of rotatable bonds is 2. The molecule has 1 aromatic carbocycles. The zero-order chi connectivity index (χ0) is 13.5. The van der Waals surface area contributed by atoms with Gasteiger partial charge in [0, 0.05) is 0 Å². The molecular weight excluding hydrogens is 235 g/mol. The fraction of sp³-hybridized carbons (Fsp3) is 0.417. The molecular formula is C12H13FN4O. The number of hydrogen-bond acceptors (Lipinski definition) is 4. The van der Waals surface area contributed by atoms with Crippen LogP contribution in [-0.4, -0.2) is 25.7 Å². The van der Waals surface area contributed by atoms with Crippen LogP contribution in [0.4, 0.5) is 4.39 Å². The monoisotopic (exact) mass is 248 g/mol. The smallest absolute Gasteiger partial charge is 0.146 e. The van der Waals surface area contributed by atoms with Crippen LogP contribution >= 0.6 is 0 Å². The largest absolute Gasteiger partial charge is 0.389 e. The molecule has 0 aliphatic rings. The second-order valence-electron chi connectivity index (χ2n) is 4.92. The lowest BCUT2D eigenvalue weighted by molar-refractivity contribution is 0.0585. The van der Waals surface area contributed by atoms with Gasteiger partial charge in [-0.2, -0.15) is 5.26 Å². The molecule has 18 heavy (non-hydrogen) atoms. The van der Waals surface area contributed by atoms with Crippen molar-refractivity contribution >= 4 is 11.0 Å². The zero-order valence-corrected chi connectivity index (χ0v) is 10.4. The van der Waals surface area contributed by atoms with Crippen molar-refractivity contribution in [3.05, 3.63) is 23.0 Å². The second-order valence-corrected chi connectivity index (χ2v) is 4.92. The van der Waals surface area contributed by atoms with Gasteiger partial charge in [-0.05, 0) is 32.4 Å². The van der Waals surface area contributed by atoms with Gasteiger partial charge in [0.25, 0.3) is 0 Å². The maximum Gasteiger partial charge on any atom is 0.146 e. The van der Waals surface area contributed by atoms with Gasteiger partial charge in [-0.3, -0.25) is 0 Å². The molecule has 1 heterocycles. The Balaban J connectivity index is 2.72. The van der Waals surface area contributed by atoms with Gasteiger partial charge in [0.05, 0.1) is 12.1 Å². The van der Waals surface area contributed by atoms with Crippen LogP contribution in [-0.2, 0) is 6.54 Å². The molecule has 0 atom stereocenters. The van der Waals surface area contributed by atoms with Crippen LogP contribution in [0.15, 0.2) is 6.07 Å². The molecule has 1 N–H and O–H groups in total. The van der Waals surface area contributed by atoms with E-state index in [0.717, 1.165) is 0 Å². The molecule has 0 fully saturated rings. The number of aliphatic hydroxyl groups is 1. The van der Waals surface area contributed by atoms with Crippen molar-refractivity contribution in [3.63, 3.8) is 0 Å². The normalized spacial score (nSPS) is 11.8. The molecule has 94 valence electrons. The quantitative estimate of drug-likeness (QED) is 0.874. The van der Waals surface area contributed by atoms with Crippen molar-refractivity contribution in [1.29, 1.82) is 5.26 Å². The Morgan fingerprint density at radius 2 is 2.22 bits per heavy atom. The van der Waals surface area contributed by atoms with Gasteiger partial charge in [-0.25, -0.2) is 9.07 Å². The first-order chi connectivity index (χ1) is 8.33. The van der Waals surface area contributed by atoms with E-state index in [0.29, 0.717) is 16.6 Å². The number of halogens is 1. The van der Waals surface area contributed by atoms with E-state index in [-0.39, 0.29) is 12.1 Å². The van der Waals surface area contributed by atoms with Gasteiger partial charge in [-0.15, -0.1) is 5.10 Å². The number of aryl methyl sites for hydroxylation is 1. The van der Waals surface area contributed by atoms with Gasteiger partial charge in [0.15, 0.2) is 0 Å². The van der Waals surface area contributed by atoms with Crippen molar-refractivity contribution in [3.8, 4) is 6.07 Å². The lowest BCUT2D eigenvalue weighted by atomic mass is 10.1. The molecule has 1 aromatic heterocycles. The van der Waals surface area contributed by atoms with Crippen LogP contribution in [0.2, 0.25) is 0 Å². The first-order valence-electron chi connectivity index (χ1n) is 5.48. The van der Waals surface area contributed by atoms with Crippen molar-refractivity contribution in [2.45, 2.75) is 32.9 Å². The van der Waals surface area contributed by atoms with Crippen molar-refractivity contribution in [2.24, 2.45) is 0 Å². The van der Waals surface area contributed by atoms with Crippen molar-refractivity contribution in [1.82, 2.24) is 15.0 Å². The van der Waals surface area contributed by atoms with E-state index >= 15 is 0 Å². The van der Waals surface area contributed by atoms with Gasteiger partial charge in [0.2, 0.25) is 0 Å². The Morgan fingerprint density at radius 3 is 2.78 bits per heavy atom. The fourth-order valence-corrected chi connectivity index (χ4v) is 1.83. The third-order valence-corrected chi connectivity index (χ3v) is 2.57. The van der Waals surface area contributed by atoms with E-state index in [1.54, 1.807) is 26.8 Å². The molecule has 2 aromatic rings. The number of aromatic nitrogens is 3. The van der Waals surface area contributed by atoms with Crippen LogP contribution < -0.4 is 0 Å². The molecule has 0 amide bonds. The minimum Gasteiger partial charge on any atom is -0.389 e. The standard InChI is InChI=1S/C12H13FN4O/c1-7-4-9-11(8(5-14)10(7)13)17(16-15-9)6-12(2,3)18/h4,18H,6H2,1-3H3. The third-order valence-electron chi connectivity index (χ3n) is 2.57. The van der Waals surface area contributed by atoms with Crippen LogP contribution in [0.25, 0.3) is 11.0 Å². The molecule has 0 unspecified atom stereocenters. The molecule has 0 bridgehead atoms. The van der Waals surface area contributed by atoms with Crippen LogP contribution in [0.3, 0.4) is 0 Å². The maximum atomic E-state index is 13.9. The predicted octanol–water partition coefficient (Wildman–Crippen LogP) is 1.52. The Morgan fingerprint density at radius 1 is 1.56 bits per heavy atom. The van der Waals surface area contributed by atoms with Gasteiger partial charge in [-0.1, -0.05) is 5.21 Å². The summed E-state index contributed by atoms with van der Waals surface area (Å²) in [7, 11) is 0. The summed E-state index contributed by atoms with van der Waals surface area (Å²) in [5, 5.41) is 26.6. The fourth-order valence-electron chi connectivity index (χ4n) is 1.83.